The Labute approximate surface area is 148 Å². The summed E-state index contributed by atoms with van der Waals surface area (Å²) in [7, 11) is 0. The van der Waals surface area contributed by atoms with Crippen LogP contribution < -0.4 is 16.4 Å². The van der Waals surface area contributed by atoms with E-state index >= 15 is 0 Å². The maximum atomic E-state index is 11.9. The van der Waals surface area contributed by atoms with Crippen LogP contribution in [-0.4, -0.2) is 58.5 Å². The van der Waals surface area contributed by atoms with Crippen LogP contribution >= 0.6 is 0 Å². The molecule has 0 aromatic carbocycles. The van der Waals surface area contributed by atoms with Crippen LogP contribution in [0.5, 0.6) is 0 Å². The summed E-state index contributed by atoms with van der Waals surface area (Å²) in [6.45, 7) is 2.43. The fourth-order valence-corrected chi connectivity index (χ4v) is 3.73. The molecule has 1 aromatic rings. The highest BCUT2D eigenvalue weighted by Crippen LogP contribution is 2.35. The first-order valence-electron chi connectivity index (χ1n) is 9.51. The lowest BCUT2D eigenvalue weighted by atomic mass is 9.78. The molecule has 0 atom stereocenters. The minimum Gasteiger partial charge on any atom is -0.367 e. The van der Waals surface area contributed by atoms with Crippen LogP contribution in [-0.2, 0) is 4.79 Å². The Hall–Kier alpha value is -1.73. The summed E-state index contributed by atoms with van der Waals surface area (Å²) < 4.78 is 0. The Bertz CT molecular complexity index is 605. The molecule has 3 aliphatic rings. The third-order valence-corrected chi connectivity index (χ3v) is 5.53. The van der Waals surface area contributed by atoms with Gasteiger partial charge >= 0.3 is 0 Å². The van der Waals surface area contributed by atoms with Crippen LogP contribution in [0.15, 0.2) is 12.4 Å². The summed E-state index contributed by atoms with van der Waals surface area (Å²) in [5.41, 5.74) is 6.98. The van der Waals surface area contributed by atoms with Crippen molar-refractivity contribution in [1.82, 2.24) is 20.2 Å². The van der Waals surface area contributed by atoms with Gasteiger partial charge in [-0.25, -0.2) is 9.97 Å². The van der Waals surface area contributed by atoms with E-state index in [1.165, 1.54) is 0 Å². The van der Waals surface area contributed by atoms with Crippen molar-refractivity contribution >= 4 is 11.7 Å². The fourth-order valence-electron chi connectivity index (χ4n) is 3.73. The number of likely N-dealkylation sites (tertiary alicyclic amines) is 1. The van der Waals surface area contributed by atoms with E-state index in [4.69, 9.17) is 5.73 Å². The minimum atomic E-state index is 0.174. The predicted octanol–water partition coefficient (Wildman–Crippen LogP) is 0.836. The van der Waals surface area contributed by atoms with Crippen LogP contribution in [0.2, 0.25) is 0 Å². The van der Waals surface area contributed by atoms with E-state index in [0.29, 0.717) is 30.6 Å². The number of carbonyl (C=O) groups is 1. The molecule has 1 aromatic heterocycles. The van der Waals surface area contributed by atoms with E-state index in [0.717, 1.165) is 63.1 Å². The highest BCUT2D eigenvalue weighted by Gasteiger charge is 2.29. The zero-order valence-electron chi connectivity index (χ0n) is 14.7. The highest BCUT2D eigenvalue weighted by molar-refractivity contribution is 5.78. The lowest BCUT2D eigenvalue weighted by molar-refractivity contribution is -0.122. The van der Waals surface area contributed by atoms with Crippen LogP contribution in [0.25, 0.3) is 0 Å². The third-order valence-electron chi connectivity index (χ3n) is 5.53. The molecule has 1 aliphatic heterocycles. The van der Waals surface area contributed by atoms with Crippen LogP contribution in [0.1, 0.15) is 50.1 Å². The maximum absolute atomic E-state index is 11.9. The van der Waals surface area contributed by atoms with Gasteiger partial charge in [0.05, 0.1) is 6.54 Å². The molecule has 3 fully saturated rings. The van der Waals surface area contributed by atoms with E-state index in [9.17, 15) is 4.79 Å². The van der Waals surface area contributed by atoms with Crippen molar-refractivity contribution in [2.75, 3.05) is 25.0 Å². The first-order valence-corrected chi connectivity index (χ1v) is 9.51. The van der Waals surface area contributed by atoms with E-state index in [1.807, 2.05) is 0 Å². The molecular weight excluding hydrogens is 316 g/mol. The molecule has 25 heavy (non-hydrogen) atoms. The monoisotopic (exact) mass is 344 g/mol. The summed E-state index contributed by atoms with van der Waals surface area (Å²) in [5, 5.41) is 6.60. The van der Waals surface area contributed by atoms with Crippen LogP contribution in [0.4, 0.5) is 5.82 Å². The number of anilines is 1. The van der Waals surface area contributed by atoms with Crippen molar-refractivity contribution in [1.29, 1.82) is 0 Å². The van der Waals surface area contributed by atoms with Gasteiger partial charge in [0.15, 0.2) is 0 Å². The number of carbonyl (C=O) groups excluding carboxylic acids is 1. The number of hydrogen-bond donors (Lipinski definition) is 3. The van der Waals surface area contributed by atoms with Gasteiger partial charge in [0.1, 0.15) is 12.1 Å². The molecule has 4 N–H and O–H groups in total. The van der Waals surface area contributed by atoms with Gasteiger partial charge < -0.3 is 16.4 Å². The number of piperidine rings is 1. The summed E-state index contributed by atoms with van der Waals surface area (Å²) in [5.74, 6) is 1.58. The molecule has 0 radical (unpaired) electrons. The van der Waals surface area contributed by atoms with Gasteiger partial charge in [0.25, 0.3) is 0 Å². The second-order valence-electron chi connectivity index (χ2n) is 7.79. The van der Waals surface area contributed by atoms with Gasteiger partial charge in [0.2, 0.25) is 5.91 Å². The Morgan fingerprint density at radius 1 is 1.16 bits per heavy atom. The molecule has 1 saturated heterocycles. The number of amides is 1. The van der Waals surface area contributed by atoms with E-state index in [1.54, 1.807) is 6.33 Å². The molecule has 0 unspecified atom stereocenters. The fraction of sp³-hybridized carbons (Fsp3) is 0.722. The van der Waals surface area contributed by atoms with Crippen molar-refractivity contribution in [3.05, 3.63) is 18.1 Å². The van der Waals surface area contributed by atoms with E-state index < -0.39 is 0 Å². The smallest absolute Gasteiger partial charge is 0.234 e. The standard InChI is InChI=1S/C18H28N6O/c19-13-7-12(8-13)16-9-17(21-11-20-16)22-15-3-5-24(6-4-15)10-18(25)23-14-1-2-14/h9,11-15H,1-8,10,19H2,(H,23,25)(H,20,21,22). The van der Waals surface area contributed by atoms with Crippen LogP contribution in [0, 0.1) is 0 Å². The molecule has 2 heterocycles. The molecular formula is C18H28N6O. The molecule has 136 valence electrons. The van der Waals surface area contributed by atoms with Gasteiger partial charge in [-0.3, -0.25) is 9.69 Å². The SMILES string of the molecule is NC1CC(c2cc(NC3CCN(CC(=O)NC4CC4)CC3)ncn2)C1. The summed E-state index contributed by atoms with van der Waals surface area (Å²) in [6, 6.07) is 3.27. The van der Waals surface area contributed by atoms with Gasteiger partial charge in [-0.05, 0) is 38.5 Å². The predicted molar refractivity (Wildman–Crippen MR) is 96.2 cm³/mol. The molecule has 2 aliphatic carbocycles. The third kappa shape index (κ3) is 4.46. The first-order chi connectivity index (χ1) is 12.2. The second-order valence-corrected chi connectivity index (χ2v) is 7.79. The Kier molecular flexibility index (Phi) is 4.85. The summed E-state index contributed by atoms with van der Waals surface area (Å²) >= 11 is 0. The van der Waals surface area contributed by atoms with Crippen molar-refractivity contribution in [3.8, 4) is 0 Å². The van der Waals surface area contributed by atoms with Gasteiger partial charge in [0, 0.05) is 48.9 Å². The molecule has 7 nitrogen and oxygen atoms in total. The molecule has 7 heteroatoms. The Morgan fingerprint density at radius 2 is 1.92 bits per heavy atom. The van der Waals surface area contributed by atoms with Gasteiger partial charge in [-0.1, -0.05) is 0 Å². The van der Waals surface area contributed by atoms with E-state index in [2.05, 4.69) is 31.6 Å². The van der Waals surface area contributed by atoms with Crippen molar-refractivity contribution in [2.45, 2.75) is 62.6 Å². The van der Waals surface area contributed by atoms with Crippen molar-refractivity contribution in [3.63, 3.8) is 0 Å². The summed E-state index contributed by atoms with van der Waals surface area (Å²) in [4.78, 5) is 22.9. The van der Waals surface area contributed by atoms with Gasteiger partial charge in [-0.2, -0.15) is 0 Å². The van der Waals surface area contributed by atoms with Gasteiger partial charge in [-0.15, -0.1) is 0 Å². The topological polar surface area (TPSA) is 96.2 Å². The van der Waals surface area contributed by atoms with Crippen molar-refractivity contribution in [2.24, 2.45) is 5.73 Å². The van der Waals surface area contributed by atoms with Crippen molar-refractivity contribution < 1.29 is 4.79 Å². The second kappa shape index (κ2) is 7.25. The molecule has 4 rings (SSSR count). The normalized spacial score (nSPS) is 27.6. The Morgan fingerprint density at radius 3 is 2.60 bits per heavy atom. The first kappa shape index (κ1) is 16.7. The minimum absolute atomic E-state index is 0.174. The number of aromatic nitrogens is 2. The average molecular weight is 344 g/mol. The number of nitrogens with zero attached hydrogens (tertiary/aromatic N) is 3. The molecule has 0 spiro atoms. The maximum Gasteiger partial charge on any atom is 0.234 e. The number of rotatable bonds is 6. The lowest BCUT2D eigenvalue weighted by Gasteiger charge is -2.33. The zero-order valence-corrected chi connectivity index (χ0v) is 14.7. The number of nitrogens with two attached hydrogens (primary N) is 1. The average Bonchev–Trinajstić information content (AvgIpc) is 3.38. The van der Waals surface area contributed by atoms with E-state index in [-0.39, 0.29) is 5.91 Å². The lowest BCUT2D eigenvalue weighted by Crippen LogP contribution is -2.44. The molecule has 2 saturated carbocycles. The number of hydrogen-bond acceptors (Lipinski definition) is 6. The Balaban J connectivity index is 1.23. The van der Waals surface area contributed by atoms with Crippen LogP contribution in [0.3, 0.4) is 0 Å². The largest absolute Gasteiger partial charge is 0.367 e. The number of nitrogens with one attached hydrogen (secondary N) is 2. The zero-order chi connectivity index (χ0) is 17.2. The molecule has 1 amide bonds. The molecule has 0 bridgehead atoms. The quantitative estimate of drug-likeness (QED) is 0.708. The summed E-state index contributed by atoms with van der Waals surface area (Å²) in [6.07, 6.45) is 8.06. The highest BCUT2D eigenvalue weighted by atomic mass is 16.2.